The van der Waals surface area contributed by atoms with Crippen molar-refractivity contribution in [1.29, 1.82) is 0 Å². The van der Waals surface area contributed by atoms with E-state index < -0.39 is 10.0 Å². The van der Waals surface area contributed by atoms with Crippen LogP contribution in [0.3, 0.4) is 0 Å². The van der Waals surface area contributed by atoms with Crippen LogP contribution < -0.4 is 15.8 Å². The molecule has 134 valence electrons. The lowest BCUT2D eigenvalue weighted by Gasteiger charge is -2.11. The topological polar surface area (TPSA) is 101 Å². The van der Waals surface area contributed by atoms with Gasteiger partial charge in [-0.2, -0.15) is 0 Å². The second-order valence-corrected chi connectivity index (χ2v) is 7.38. The molecule has 0 aliphatic rings. The van der Waals surface area contributed by atoms with Crippen molar-refractivity contribution >= 4 is 21.6 Å². The van der Waals surface area contributed by atoms with Crippen molar-refractivity contribution in [3.05, 3.63) is 59.7 Å². The van der Waals surface area contributed by atoms with Gasteiger partial charge in [-0.25, -0.2) is 8.42 Å². The molecule has 0 atom stereocenters. The van der Waals surface area contributed by atoms with Gasteiger partial charge in [0.05, 0.1) is 10.6 Å². The Hall–Kier alpha value is -2.38. The molecule has 6 nitrogen and oxygen atoms in total. The molecule has 0 saturated carbocycles. The zero-order valence-corrected chi connectivity index (χ0v) is 15.0. The largest absolute Gasteiger partial charge is 0.352 e. The van der Waals surface area contributed by atoms with Gasteiger partial charge in [0.1, 0.15) is 0 Å². The van der Waals surface area contributed by atoms with Crippen molar-refractivity contribution in [3.8, 4) is 0 Å². The van der Waals surface area contributed by atoms with Crippen molar-refractivity contribution in [3.63, 3.8) is 0 Å². The highest BCUT2D eigenvalue weighted by Gasteiger charge is 2.16. The summed E-state index contributed by atoms with van der Waals surface area (Å²) in [5, 5.41) is 2.78. The van der Waals surface area contributed by atoms with Crippen molar-refractivity contribution in [2.75, 3.05) is 17.8 Å². The summed E-state index contributed by atoms with van der Waals surface area (Å²) >= 11 is 0. The van der Waals surface area contributed by atoms with Crippen LogP contribution in [0.5, 0.6) is 0 Å². The van der Waals surface area contributed by atoms with Crippen molar-refractivity contribution < 1.29 is 13.2 Å². The third-order valence-electron chi connectivity index (χ3n) is 3.73. The molecular formula is C18H23N3O3S. The first-order valence-electron chi connectivity index (χ1n) is 8.11. The molecule has 0 aromatic heterocycles. The van der Waals surface area contributed by atoms with Gasteiger partial charge in [0, 0.05) is 12.1 Å². The van der Waals surface area contributed by atoms with Crippen LogP contribution in [-0.4, -0.2) is 27.4 Å². The van der Waals surface area contributed by atoms with Crippen LogP contribution in [0.15, 0.2) is 53.4 Å². The molecule has 25 heavy (non-hydrogen) atoms. The number of sulfonamides is 1. The zero-order valence-electron chi connectivity index (χ0n) is 14.2. The number of para-hydroxylation sites is 1. The molecule has 0 aliphatic heterocycles. The van der Waals surface area contributed by atoms with Crippen LogP contribution in [0.1, 0.15) is 28.8 Å². The summed E-state index contributed by atoms with van der Waals surface area (Å²) in [6.07, 6.45) is 1.66. The minimum atomic E-state index is -3.70. The lowest BCUT2D eigenvalue weighted by Crippen LogP contribution is -2.25. The Bertz CT molecular complexity index is 818. The maximum absolute atomic E-state index is 12.5. The number of hydrogen-bond donors (Lipinski definition) is 3. The molecule has 1 amide bonds. The van der Waals surface area contributed by atoms with Gasteiger partial charge in [0.2, 0.25) is 0 Å². The first-order chi connectivity index (χ1) is 11.9. The van der Waals surface area contributed by atoms with Gasteiger partial charge in [0.15, 0.2) is 0 Å². The third-order valence-corrected chi connectivity index (χ3v) is 5.11. The van der Waals surface area contributed by atoms with E-state index in [9.17, 15) is 13.2 Å². The number of hydrogen-bond acceptors (Lipinski definition) is 4. The van der Waals surface area contributed by atoms with Gasteiger partial charge in [-0.3, -0.25) is 9.52 Å². The Kier molecular flexibility index (Phi) is 6.55. The summed E-state index contributed by atoms with van der Waals surface area (Å²) in [7, 11) is -3.70. The summed E-state index contributed by atoms with van der Waals surface area (Å²) in [5.74, 6) is -0.229. The van der Waals surface area contributed by atoms with Gasteiger partial charge in [-0.1, -0.05) is 18.2 Å². The van der Waals surface area contributed by atoms with E-state index in [1.54, 1.807) is 12.1 Å². The Morgan fingerprint density at radius 3 is 2.36 bits per heavy atom. The molecule has 2 rings (SSSR count). The highest BCUT2D eigenvalue weighted by atomic mass is 32.2. The standard InChI is InChI=1S/C18H23N3O3S/c1-14-6-2-3-7-17(14)21-25(23,24)16-10-8-15(9-11-16)18(22)20-13-5-4-12-19/h2-3,6-11,21H,4-5,12-13,19H2,1H3,(H,20,22). The van der Waals surface area contributed by atoms with E-state index in [0.29, 0.717) is 24.3 Å². The molecule has 0 unspecified atom stereocenters. The van der Waals surface area contributed by atoms with E-state index in [4.69, 9.17) is 5.73 Å². The molecule has 4 N–H and O–H groups in total. The fourth-order valence-electron chi connectivity index (χ4n) is 2.25. The molecule has 0 radical (unpaired) electrons. The minimum absolute atomic E-state index is 0.107. The van der Waals surface area contributed by atoms with Gasteiger partial charge < -0.3 is 11.1 Å². The molecule has 0 aliphatic carbocycles. The monoisotopic (exact) mass is 361 g/mol. The molecule has 2 aromatic rings. The first kappa shape index (κ1) is 19.0. The highest BCUT2D eigenvalue weighted by molar-refractivity contribution is 7.92. The van der Waals surface area contributed by atoms with Crippen LogP contribution in [0, 0.1) is 6.92 Å². The van der Waals surface area contributed by atoms with Crippen molar-refractivity contribution in [2.45, 2.75) is 24.7 Å². The predicted octanol–water partition coefficient (Wildman–Crippen LogP) is 2.26. The second-order valence-electron chi connectivity index (χ2n) is 5.70. The maximum atomic E-state index is 12.5. The van der Waals surface area contributed by atoms with Gasteiger partial charge in [-0.05, 0) is 62.2 Å². The van der Waals surface area contributed by atoms with Gasteiger partial charge >= 0.3 is 0 Å². The smallest absolute Gasteiger partial charge is 0.261 e. The third kappa shape index (κ3) is 5.30. The van der Waals surface area contributed by atoms with E-state index in [1.807, 2.05) is 19.1 Å². The van der Waals surface area contributed by atoms with E-state index >= 15 is 0 Å². The van der Waals surface area contributed by atoms with Crippen LogP contribution in [-0.2, 0) is 10.0 Å². The summed E-state index contributed by atoms with van der Waals surface area (Å²) in [5.41, 5.74) is 7.19. The number of carbonyl (C=O) groups is 1. The number of nitrogens with two attached hydrogens (primary N) is 1. The number of amides is 1. The van der Waals surface area contributed by atoms with Crippen LogP contribution >= 0.6 is 0 Å². The summed E-state index contributed by atoms with van der Waals surface area (Å²) in [6.45, 7) is 2.97. The Balaban J connectivity index is 2.05. The second kappa shape index (κ2) is 8.64. The normalized spacial score (nSPS) is 11.1. The number of unbranched alkanes of at least 4 members (excludes halogenated alkanes) is 1. The molecule has 7 heteroatoms. The average molecular weight is 361 g/mol. The number of rotatable bonds is 8. The average Bonchev–Trinajstić information content (AvgIpc) is 2.60. The zero-order chi connectivity index (χ0) is 18.3. The number of anilines is 1. The highest BCUT2D eigenvalue weighted by Crippen LogP contribution is 2.19. The molecule has 0 spiro atoms. The predicted molar refractivity (Wildman–Crippen MR) is 99.1 cm³/mol. The summed E-state index contributed by atoms with van der Waals surface area (Å²) in [6, 6.07) is 13.0. The number of benzene rings is 2. The SMILES string of the molecule is Cc1ccccc1NS(=O)(=O)c1ccc(C(=O)NCCCCN)cc1. The number of carbonyl (C=O) groups excluding carboxylic acids is 1. The van der Waals surface area contributed by atoms with Crippen LogP contribution in [0.4, 0.5) is 5.69 Å². The quantitative estimate of drug-likeness (QED) is 0.628. The van der Waals surface area contributed by atoms with Crippen molar-refractivity contribution in [1.82, 2.24) is 5.32 Å². The van der Waals surface area contributed by atoms with Crippen LogP contribution in [0.2, 0.25) is 0 Å². The van der Waals surface area contributed by atoms with E-state index in [2.05, 4.69) is 10.0 Å². The first-order valence-corrected chi connectivity index (χ1v) is 9.59. The summed E-state index contributed by atoms with van der Waals surface area (Å²) in [4.78, 5) is 12.1. The van der Waals surface area contributed by atoms with Gasteiger partial charge in [0.25, 0.3) is 15.9 Å². The summed E-state index contributed by atoms with van der Waals surface area (Å²) < 4.78 is 27.5. The molecule has 2 aromatic carbocycles. The fourth-order valence-corrected chi connectivity index (χ4v) is 3.38. The number of aryl methyl sites for hydroxylation is 1. The molecule has 0 heterocycles. The molecule has 0 bridgehead atoms. The lowest BCUT2D eigenvalue weighted by atomic mass is 10.2. The van der Waals surface area contributed by atoms with E-state index in [1.165, 1.54) is 24.3 Å². The molecule has 0 saturated heterocycles. The fraction of sp³-hybridized carbons (Fsp3) is 0.278. The minimum Gasteiger partial charge on any atom is -0.352 e. The maximum Gasteiger partial charge on any atom is 0.261 e. The van der Waals surface area contributed by atoms with E-state index in [0.717, 1.165) is 18.4 Å². The Morgan fingerprint density at radius 2 is 1.72 bits per heavy atom. The number of nitrogens with one attached hydrogen (secondary N) is 2. The Labute approximate surface area is 148 Å². The van der Waals surface area contributed by atoms with Crippen molar-refractivity contribution in [2.24, 2.45) is 5.73 Å². The lowest BCUT2D eigenvalue weighted by molar-refractivity contribution is 0.0953. The van der Waals surface area contributed by atoms with Gasteiger partial charge in [-0.15, -0.1) is 0 Å². The van der Waals surface area contributed by atoms with E-state index in [-0.39, 0.29) is 10.8 Å². The molecule has 0 fully saturated rings. The van der Waals surface area contributed by atoms with Crippen LogP contribution in [0.25, 0.3) is 0 Å². The molecular weight excluding hydrogens is 338 g/mol. The Morgan fingerprint density at radius 1 is 1.04 bits per heavy atom.